The molecular weight excluding hydrogens is 230 g/mol. The van der Waals surface area contributed by atoms with Gasteiger partial charge in [-0.3, -0.25) is 0 Å². The van der Waals surface area contributed by atoms with E-state index < -0.39 is 0 Å². The maximum Gasteiger partial charge on any atom is 0.0348 e. The average Bonchev–Trinajstić information content (AvgIpc) is 3.19. The normalized spacial score (nSPS) is 22.8. The Hall–Kier alpha value is -0.820. The van der Waals surface area contributed by atoms with E-state index in [1.807, 2.05) is 0 Å². The largest absolute Gasteiger partial charge is 0.309 e. The highest BCUT2D eigenvalue weighted by Crippen LogP contribution is 2.45. The predicted molar refractivity (Wildman–Crippen MR) is 81.2 cm³/mol. The molecule has 0 amide bonds. The third-order valence-electron chi connectivity index (χ3n) is 5.39. The molecule has 19 heavy (non-hydrogen) atoms. The molecule has 2 saturated carbocycles. The van der Waals surface area contributed by atoms with Gasteiger partial charge in [0.15, 0.2) is 0 Å². The van der Waals surface area contributed by atoms with E-state index in [0.717, 1.165) is 5.92 Å². The van der Waals surface area contributed by atoms with Crippen LogP contribution in [0.5, 0.6) is 0 Å². The van der Waals surface area contributed by atoms with Gasteiger partial charge < -0.3 is 5.32 Å². The molecular formula is C18H27N. The van der Waals surface area contributed by atoms with Crippen LogP contribution in [0.3, 0.4) is 0 Å². The van der Waals surface area contributed by atoms with Crippen LogP contribution in [0.1, 0.15) is 62.6 Å². The quantitative estimate of drug-likeness (QED) is 0.784. The highest BCUT2D eigenvalue weighted by atomic mass is 14.9. The SMILES string of the molecule is CCC1(CNC(c2ccc(C)cc2)C2CC2)CCC1. The molecule has 0 aromatic heterocycles. The van der Waals surface area contributed by atoms with E-state index in [1.54, 1.807) is 0 Å². The molecule has 104 valence electrons. The summed E-state index contributed by atoms with van der Waals surface area (Å²) in [6.45, 7) is 5.75. The molecule has 2 aliphatic carbocycles. The average molecular weight is 257 g/mol. The maximum absolute atomic E-state index is 3.91. The topological polar surface area (TPSA) is 12.0 Å². The number of rotatable bonds is 6. The number of aryl methyl sites for hydroxylation is 1. The van der Waals surface area contributed by atoms with E-state index in [0.29, 0.717) is 11.5 Å². The minimum absolute atomic E-state index is 0.602. The van der Waals surface area contributed by atoms with Crippen molar-refractivity contribution in [3.63, 3.8) is 0 Å². The lowest BCUT2D eigenvalue weighted by Crippen LogP contribution is -2.41. The minimum atomic E-state index is 0.602. The first-order valence-corrected chi connectivity index (χ1v) is 8.02. The zero-order chi connectivity index (χ0) is 13.3. The minimum Gasteiger partial charge on any atom is -0.309 e. The third kappa shape index (κ3) is 2.86. The van der Waals surface area contributed by atoms with Crippen LogP contribution in [0, 0.1) is 18.3 Å². The fourth-order valence-corrected chi connectivity index (χ4v) is 3.42. The van der Waals surface area contributed by atoms with Gasteiger partial charge in [-0.15, -0.1) is 0 Å². The van der Waals surface area contributed by atoms with Crippen molar-refractivity contribution in [3.05, 3.63) is 35.4 Å². The van der Waals surface area contributed by atoms with Crippen LogP contribution < -0.4 is 5.32 Å². The molecule has 1 aromatic carbocycles. The summed E-state index contributed by atoms with van der Waals surface area (Å²) < 4.78 is 0. The maximum atomic E-state index is 3.91. The van der Waals surface area contributed by atoms with Gasteiger partial charge in [-0.2, -0.15) is 0 Å². The van der Waals surface area contributed by atoms with Gasteiger partial charge in [0.25, 0.3) is 0 Å². The van der Waals surface area contributed by atoms with Crippen molar-refractivity contribution in [2.24, 2.45) is 11.3 Å². The Morgan fingerprint density at radius 3 is 2.37 bits per heavy atom. The van der Waals surface area contributed by atoms with E-state index >= 15 is 0 Å². The van der Waals surface area contributed by atoms with Crippen LogP contribution in [0.15, 0.2) is 24.3 Å². The van der Waals surface area contributed by atoms with Gasteiger partial charge in [-0.05, 0) is 55.9 Å². The number of benzene rings is 1. The molecule has 1 N–H and O–H groups in total. The number of hydrogen-bond donors (Lipinski definition) is 1. The van der Waals surface area contributed by atoms with Gasteiger partial charge >= 0.3 is 0 Å². The van der Waals surface area contributed by atoms with Crippen LogP contribution in [-0.2, 0) is 0 Å². The summed E-state index contributed by atoms with van der Waals surface area (Å²) in [5.74, 6) is 0.886. The molecule has 1 aromatic rings. The first-order valence-electron chi connectivity index (χ1n) is 8.02. The van der Waals surface area contributed by atoms with Crippen molar-refractivity contribution < 1.29 is 0 Å². The van der Waals surface area contributed by atoms with E-state index in [-0.39, 0.29) is 0 Å². The third-order valence-corrected chi connectivity index (χ3v) is 5.39. The van der Waals surface area contributed by atoms with Gasteiger partial charge in [-0.25, -0.2) is 0 Å². The summed E-state index contributed by atoms with van der Waals surface area (Å²) in [4.78, 5) is 0. The fraction of sp³-hybridized carbons (Fsp3) is 0.667. The van der Waals surface area contributed by atoms with Crippen molar-refractivity contribution in [3.8, 4) is 0 Å². The molecule has 0 spiro atoms. The van der Waals surface area contributed by atoms with Crippen LogP contribution in [0.25, 0.3) is 0 Å². The van der Waals surface area contributed by atoms with Crippen molar-refractivity contribution in [2.45, 2.75) is 58.4 Å². The first-order chi connectivity index (χ1) is 9.22. The fourth-order valence-electron chi connectivity index (χ4n) is 3.42. The molecule has 1 heteroatoms. The highest BCUT2D eigenvalue weighted by molar-refractivity contribution is 5.25. The predicted octanol–water partition coefficient (Wildman–Crippen LogP) is 4.62. The second-order valence-electron chi connectivity index (χ2n) is 6.81. The lowest BCUT2D eigenvalue weighted by atomic mass is 9.67. The molecule has 0 bridgehead atoms. The van der Waals surface area contributed by atoms with Gasteiger partial charge in [-0.1, -0.05) is 43.2 Å². The lowest BCUT2D eigenvalue weighted by Gasteiger charge is -2.42. The summed E-state index contributed by atoms with van der Waals surface area (Å²) in [5, 5.41) is 3.91. The molecule has 3 rings (SSSR count). The first kappa shape index (κ1) is 13.2. The van der Waals surface area contributed by atoms with Crippen LogP contribution in [0.2, 0.25) is 0 Å². The van der Waals surface area contributed by atoms with Crippen molar-refractivity contribution in [2.75, 3.05) is 6.54 Å². The van der Waals surface area contributed by atoms with E-state index in [1.165, 1.54) is 56.2 Å². The van der Waals surface area contributed by atoms with Crippen molar-refractivity contribution in [1.29, 1.82) is 0 Å². The Labute approximate surface area is 117 Å². The van der Waals surface area contributed by atoms with Gasteiger partial charge in [0.2, 0.25) is 0 Å². The summed E-state index contributed by atoms with van der Waals surface area (Å²) >= 11 is 0. The second kappa shape index (κ2) is 5.28. The second-order valence-corrected chi connectivity index (χ2v) is 6.81. The monoisotopic (exact) mass is 257 g/mol. The molecule has 0 aliphatic heterocycles. The zero-order valence-electron chi connectivity index (χ0n) is 12.4. The lowest BCUT2D eigenvalue weighted by molar-refractivity contribution is 0.117. The molecule has 1 unspecified atom stereocenters. The summed E-state index contributed by atoms with van der Waals surface area (Å²) in [7, 11) is 0. The molecule has 0 radical (unpaired) electrons. The molecule has 2 aliphatic rings. The molecule has 1 nitrogen and oxygen atoms in total. The van der Waals surface area contributed by atoms with Crippen molar-refractivity contribution >= 4 is 0 Å². The smallest absolute Gasteiger partial charge is 0.0348 e. The number of hydrogen-bond acceptors (Lipinski definition) is 1. The summed E-state index contributed by atoms with van der Waals surface area (Å²) in [5.41, 5.74) is 3.48. The molecule has 2 fully saturated rings. The Kier molecular flexibility index (Phi) is 3.66. The van der Waals surface area contributed by atoms with Crippen LogP contribution in [0.4, 0.5) is 0 Å². The van der Waals surface area contributed by atoms with E-state index in [4.69, 9.17) is 0 Å². The van der Waals surface area contributed by atoms with Gasteiger partial charge in [0.1, 0.15) is 0 Å². The summed E-state index contributed by atoms with van der Waals surface area (Å²) in [6.07, 6.45) is 8.46. The zero-order valence-corrected chi connectivity index (χ0v) is 12.4. The Bertz CT molecular complexity index is 406. The molecule has 1 atom stereocenters. The van der Waals surface area contributed by atoms with Crippen LogP contribution in [-0.4, -0.2) is 6.54 Å². The number of nitrogens with one attached hydrogen (secondary N) is 1. The van der Waals surface area contributed by atoms with Crippen molar-refractivity contribution in [1.82, 2.24) is 5.32 Å². The van der Waals surface area contributed by atoms with E-state index in [2.05, 4.69) is 43.4 Å². The van der Waals surface area contributed by atoms with Crippen LogP contribution >= 0.6 is 0 Å². The molecule has 0 heterocycles. The summed E-state index contributed by atoms with van der Waals surface area (Å²) in [6, 6.07) is 9.76. The van der Waals surface area contributed by atoms with E-state index in [9.17, 15) is 0 Å². The Morgan fingerprint density at radius 2 is 1.89 bits per heavy atom. The van der Waals surface area contributed by atoms with Gasteiger partial charge in [0, 0.05) is 12.6 Å². The standard InChI is InChI=1S/C18H27N/c1-3-18(11-4-12-18)13-19-17(16-9-10-16)15-7-5-14(2)6-8-15/h5-8,16-17,19H,3-4,9-13H2,1-2H3. The van der Waals surface area contributed by atoms with Gasteiger partial charge in [0.05, 0.1) is 0 Å². The Morgan fingerprint density at radius 1 is 1.21 bits per heavy atom. The molecule has 0 saturated heterocycles. The highest BCUT2D eigenvalue weighted by Gasteiger charge is 2.38. The Balaban J connectivity index is 1.66.